The number of carbonyl (C=O) groups excluding carboxylic acids is 3. The molecule has 1 unspecified atom stereocenters. The second-order valence-corrected chi connectivity index (χ2v) is 8.72. The van der Waals surface area contributed by atoms with Crippen LogP contribution in [0.1, 0.15) is 37.6 Å². The van der Waals surface area contributed by atoms with E-state index < -0.39 is 18.0 Å². The fraction of sp³-hybridized carbons (Fsp3) is 0.300. The number of hydrogen-bond acceptors (Lipinski definition) is 7. The third-order valence-corrected chi connectivity index (χ3v) is 6.18. The number of halogens is 1. The first kappa shape index (κ1) is 22.0. The van der Waals surface area contributed by atoms with Crippen LogP contribution in [0.25, 0.3) is 0 Å². The van der Waals surface area contributed by atoms with Gasteiger partial charge in [-0.05, 0) is 24.6 Å². The van der Waals surface area contributed by atoms with Crippen LogP contribution < -0.4 is 5.32 Å². The van der Waals surface area contributed by atoms with Gasteiger partial charge in [-0.1, -0.05) is 33.2 Å². The van der Waals surface area contributed by atoms with E-state index in [9.17, 15) is 14.4 Å². The zero-order chi connectivity index (χ0) is 22.0. The fourth-order valence-corrected chi connectivity index (χ4v) is 4.52. The Morgan fingerprint density at radius 2 is 2.07 bits per heavy atom. The molecule has 0 fully saturated rings. The smallest absolute Gasteiger partial charge is 0.341 e. The second-order valence-electron chi connectivity index (χ2n) is 6.79. The van der Waals surface area contributed by atoms with Gasteiger partial charge in [-0.15, -0.1) is 11.3 Å². The Balaban J connectivity index is 1.81. The lowest BCUT2D eigenvalue weighted by atomic mass is 10.0. The highest BCUT2D eigenvalue weighted by Gasteiger charge is 2.32. The van der Waals surface area contributed by atoms with E-state index in [-0.39, 0.29) is 22.9 Å². The van der Waals surface area contributed by atoms with E-state index in [1.54, 1.807) is 21.0 Å². The van der Waals surface area contributed by atoms with Crippen LogP contribution in [0.4, 0.5) is 5.00 Å². The van der Waals surface area contributed by atoms with Crippen LogP contribution in [0.15, 0.2) is 33.9 Å². The van der Waals surface area contributed by atoms with Crippen LogP contribution in [0.3, 0.4) is 0 Å². The standard InChI is InChI=1S/C20H20BrN3O5S/c1-10-15(20(27)28-4)18(30-16(10)19(26)24(2)3)22-17(25)14-9-13(23-29-14)11-6-5-7-12(21)8-11/h5-8,14H,9H2,1-4H3,(H,22,25). The Bertz CT molecular complexity index is 1050. The van der Waals surface area contributed by atoms with Gasteiger partial charge in [0.05, 0.1) is 23.3 Å². The first-order valence-corrected chi connectivity index (χ1v) is 10.6. The molecule has 1 aromatic carbocycles. The Morgan fingerprint density at radius 3 is 2.70 bits per heavy atom. The first-order chi connectivity index (χ1) is 14.2. The number of esters is 1. The summed E-state index contributed by atoms with van der Waals surface area (Å²) >= 11 is 4.44. The van der Waals surface area contributed by atoms with Crippen LogP contribution in [0, 0.1) is 6.92 Å². The average molecular weight is 494 g/mol. The predicted octanol–water partition coefficient (Wildman–Crippen LogP) is 3.44. The number of rotatable bonds is 5. The van der Waals surface area contributed by atoms with E-state index in [1.165, 1.54) is 12.0 Å². The summed E-state index contributed by atoms with van der Waals surface area (Å²) in [5, 5.41) is 6.98. The molecular formula is C20H20BrN3O5S. The highest BCUT2D eigenvalue weighted by atomic mass is 79.9. The van der Waals surface area contributed by atoms with E-state index in [4.69, 9.17) is 9.57 Å². The number of ether oxygens (including phenoxy) is 1. The van der Waals surface area contributed by atoms with Gasteiger partial charge < -0.3 is 19.8 Å². The number of benzene rings is 1. The molecule has 1 atom stereocenters. The number of thiophene rings is 1. The van der Waals surface area contributed by atoms with E-state index in [0.29, 0.717) is 16.2 Å². The molecule has 0 bridgehead atoms. The summed E-state index contributed by atoms with van der Waals surface area (Å²) in [6.07, 6.45) is -0.566. The molecular weight excluding hydrogens is 474 g/mol. The Labute approximate surface area is 186 Å². The topological polar surface area (TPSA) is 97.3 Å². The zero-order valence-corrected chi connectivity index (χ0v) is 19.2. The van der Waals surface area contributed by atoms with E-state index in [2.05, 4.69) is 26.4 Å². The summed E-state index contributed by atoms with van der Waals surface area (Å²) in [6, 6.07) is 7.53. The first-order valence-electron chi connectivity index (χ1n) is 8.95. The van der Waals surface area contributed by atoms with E-state index in [1.807, 2.05) is 24.3 Å². The third-order valence-electron chi connectivity index (χ3n) is 4.49. The molecule has 1 N–H and O–H groups in total. The lowest BCUT2D eigenvalue weighted by molar-refractivity contribution is -0.125. The molecule has 8 nitrogen and oxygen atoms in total. The van der Waals surface area contributed by atoms with Gasteiger partial charge in [0.15, 0.2) is 0 Å². The molecule has 3 rings (SSSR count). The van der Waals surface area contributed by atoms with Crippen molar-refractivity contribution in [2.24, 2.45) is 5.16 Å². The van der Waals surface area contributed by atoms with Crippen molar-refractivity contribution in [1.82, 2.24) is 4.90 Å². The number of carbonyl (C=O) groups is 3. The van der Waals surface area contributed by atoms with Gasteiger partial charge >= 0.3 is 5.97 Å². The minimum absolute atomic E-state index is 0.159. The van der Waals surface area contributed by atoms with Crippen LogP contribution in [-0.2, 0) is 14.4 Å². The highest BCUT2D eigenvalue weighted by molar-refractivity contribution is 9.10. The number of methoxy groups -OCH3 is 1. The maximum absolute atomic E-state index is 12.8. The summed E-state index contributed by atoms with van der Waals surface area (Å²) in [5.41, 5.74) is 2.11. The Hall–Kier alpha value is -2.72. The monoisotopic (exact) mass is 493 g/mol. The molecule has 10 heteroatoms. The summed E-state index contributed by atoms with van der Waals surface area (Å²) in [7, 11) is 4.48. The van der Waals surface area contributed by atoms with Crippen molar-refractivity contribution in [3.05, 3.63) is 50.3 Å². The van der Waals surface area contributed by atoms with Crippen LogP contribution in [-0.4, -0.2) is 55.7 Å². The van der Waals surface area contributed by atoms with Crippen molar-refractivity contribution in [2.45, 2.75) is 19.4 Å². The number of amides is 2. The van der Waals surface area contributed by atoms with Gasteiger partial charge in [0.1, 0.15) is 5.00 Å². The lowest BCUT2D eigenvalue weighted by Gasteiger charge is -2.09. The van der Waals surface area contributed by atoms with Gasteiger partial charge in [-0.3, -0.25) is 9.59 Å². The maximum Gasteiger partial charge on any atom is 0.341 e. The molecule has 2 heterocycles. The second kappa shape index (κ2) is 8.97. The molecule has 0 saturated heterocycles. The lowest BCUT2D eigenvalue weighted by Crippen LogP contribution is -2.28. The van der Waals surface area contributed by atoms with Crippen molar-refractivity contribution in [3.8, 4) is 0 Å². The van der Waals surface area contributed by atoms with Crippen LogP contribution in [0.2, 0.25) is 0 Å². The van der Waals surface area contributed by atoms with Crippen molar-refractivity contribution in [1.29, 1.82) is 0 Å². The van der Waals surface area contributed by atoms with E-state index >= 15 is 0 Å². The molecule has 0 radical (unpaired) electrons. The van der Waals surface area contributed by atoms with Gasteiger partial charge in [0.2, 0.25) is 6.10 Å². The number of anilines is 1. The molecule has 30 heavy (non-hydrogen) atoms. The molecule has 158 valence electrons. The van der Waals surface area contributed by atoms with Gasteiger partial charge in [0.25, 0.3) is 11.8 Å². The largest absolute Gasteiger partial charge is 0.465 e. The van der Waals surface area contributed by atoms with Crippen molar-refractivity contribution >= 4 is 55.8 Å². The zero-order valence-electron chi connectivity index (χ0n) is 16.8. The normalized spacial score (nSPS) is 15.2. The van der Waals surface area contributed by atoms with E-state index in [0.717, 1.165) is 21.4 Å². The number of nitrogens with zero attached hydrogens (tertiary/aromatic N) is 2. The summed E-state index contributed by atoms with van der Waals surface area (Å²) < 4.78 is 5.73. The van der Waals surface area contributed by atoms with Gasteiger partial charge in [0, 0.05) is 30.6 Å². The summed E-state index contributed by atoms with van der Waals surface area (Å²) in [6.45, 7) is 1.65. The molecule has 2 amide bonds. The molecule has 1 aromatic heterocycles. The number of oxime groups is 1. The molecule has 1 aliphatic heterocycles. The van der Waals surface area contributed by atoms with Gasteiger partial charge in [-0.2, -0.15) is 0 Å². The molecule has 0 saturated carbocycles. The Kier molecular flexibility index (Phi) is 6.57. The molecule has 0 aliphatic carbocycles. The van der Waals surface area contributed by atoms with Crippen LogP contribution >= 0.6 is 27.3 Å². The third kappa shape index (κ3) is 4.39. The average Bonchev–Trinajstić information content (AvgIpc) is 3.32. The molecule has 0 spiro atoms. The van der Waals surface area contributed by atoms with Crippen molar-refractivity contribution in [2.75, 3.05) is 26.5 Å². The minimum atomic E-state index is -0.847. The highest BCUT2D eigenvalue weighted by Crippen LogP contribution is 2.35. The van der Waals surface area contributed by atoms with Crippen LogP contribution in [0.5, 0.6) is 0 Å². The maximum atomic E-state index is 12.8. The SMILES string of the molecule is COC(=O)c1c(NC(=O)C2CC(c3cccc(Br)c3)=NO2)sc(C(=O)N(C)C)c1C. The minimum Gasteiger partial charge on any atom is -0.465 e. The Morgan fingerprint density at radius 1 is 1.33 bits per heavy atom. The number of nitrogens with one attached hydrogen (secondary N) is 1. The van der Waals surface area contributed by atoms with Crippen molar-refractivity contribution < 1.29 is 24.0 Å². The summed E-state index contributed by atoms with van der Waals surface area (Å²) in [4.78, 5) is 44.6. The molecule has 2 aromatic rings. The van der Waals surface area contributed by atoms with Gasteiger partial charge in [-0.25, -0.2) is 4.79 Å². The predicted molar refractivity (Wildman–Crippen MR) is 117 cm³/mol. The quantitative estimate of drug-likeness (QED) is 0.643. The fourth-order valence-electron chi connectivity index (χ4n) is 2.91. The molecule has 1 aliphatic rings. The summed E-state index contributed by atoms with van der Waals surface area (Å²) in [5.74, 6) is -1.35. The number of hydrogen-bond donors (Lipinski definition) is 1. The van der Waals surface area contributed by atoms with Crippen molar-refractivity contribution in [3.63, 3.8) is 0 Å².